The highest BCUT2D eigenvalue weighted by Crippen LogP contribution is 2.18. The van der Waals surface area contributed by atoms with E-state index in [2.05, 4.69) is 4.98 Å². The van der Waals surface area contributed by atoms with Crippen LogP contribution in [0.4, 0.5) is 0 Å². The number of aryl methyl sites for hydroxylation is 1. The lowest BCUT2D eigenvalue weighted by Gasteiger charge is -2.10. The van der Waals surface area contributed by atoms with Gasteiger partial charge in [0.05, 0.1) is 11.9 Å². The standard InChI is InChI=1S/C14H21ClN4O5S/c1-4-8-25(23,24)13-16-11-10(19(13)15)12(21)18(14(22)17(11)3)7-6-9(20)5-2/h9,20H,4-8H2,1-3H3. The van der Waals surface area contributed by atoms with Crippen LogP contribution in [0.25, 0.3) is 11.2 Å². The molecule has 2 rings (SSSR count). The zero-order valence-electron chi connectivity index (χ0n) is 14.3. The van der Waals surface area contributed by atoms with Gasteiger partial charge in [0.15, 0.2) is 11.2 Å². The third-order valence-electron chi connectivity index (χ3n) is 3.97. The summed E-state index contributed by atoms with van der Waals surface area (Å²) < 4.78 is 27.3. The Hall–Kier alpha value is -1.65. The smallest absolute Gasteiger partial charge is 0.332 e. The van der Waals surface area contributed by atoms with Crippen LogP contribution in [0.5, 0.6) is 0 Å². The highest BCUT2D eigenvalue weighted by Gasteiger charge is 2.27. The highest BCUT2D eigenvalue weighted by molar-refractivity contribution is 7.91. The molecule has 25 heavy (non-hydrogen) atoms. The van der Waals surface area contributed by atoms with Crippen molar-refractivity contribution in [1.82, 2.24) is 18.2 Å². The molecule has 0 aromatic carbocycles. The molecule has 9 nitrogen and oxygen atoms in total. The molecule has 0 amide bonds. The lowest BCUT2D eigenvalue weighted by atomic mass is 10.2. The van der Waals surface area contributed by atoms with Crippen molar-refractivity contribution < 1.29 is 13.5 Å². The summed E-state index contributed by atoms with van der Waals surface area (Å²) in [7, 11) is -2.39. The van der Waals surface area contributed by atoms with E-state index in [0.717, 1.165) is 9.13 Å². The molecule has 1 N–H and O–H groups in total. The maximum Gasteiger partial charge on any atom is 0.332 e. The average Bonchev–Trinajstić information content (AvgIpc) is 2.91. The molecule has 1 unspecified atom stereocenters. The molecule has 0 saturated heterocycles. The predicted molar refractivity (Wildman–Crippen MR) is 93.7 cm³/mol. The summed E-state index contributed by atoms with van der Waals surface area (Å²) in [5.74, 6) is -0.173. The largest absolute Gasteiger partial charge is 0.393 e. The second-order valence-corrected chi connectivity index (χ2v) is 8.16. The minimum absolute atomic E-state index is 0.00440. The van der Waals surface area contributed by atoms with Crippen molar-refractivity contribution in [2.45, 2.75) is 50.9 Å². The summed E-state index contributed by atoms with van der Waals surface area (Å²) in [6.07, 6.45) is 0.424. The van der Waals surface area contributed by atoms with Gasteiger partial charge in [0.25, 0.3) is 5.56 Å². The van der Waals surface area contributed by atoms with Crippen LogP contribution in [0.1, 0.15) is 33.1 Å². The molecule has 0 spiro atoms. The first kappa shape index (κ1) is 19.7. The van der Waals surface area contributed by atoms with Crippen molar-refractivity contribution in [3.8, 4) is 0 Å². The van der Waals surface area contributed by atoms with E-state index >= 15 is 0 Å². The zero-order chi connectivity index (χ0) is 18.9. The number of nitrogens with zero attached hydrogens (tertiary/aromatic N) is 4. The van der Waals surface area contributed by atoms with E-state index in [-0.39, 0.29) is 29.9 Å². The van der Waals surface area contributed by atoms with Crippen molar-refractivity contribution in [3.63, 3.8) is 0 Å². The molecule has 0 aliphatic heterocycles. The Bertz CT molecular complexity index is 1000. The van der Waals surface area contributed by atoms with Gasteiger partial charge in [0.1, 0.15) is 0 Å². The summed E-state index contributed by atoms with van der Waals surface area (Å²) in [6, 6.07) is 0. The Morgan fingerprint density at radius 1 is 1.28 bits per heavy atom. The summed E-state index contributed by atoms with van der Waals surface area (Å²) >= 11 is 6.07. The molecule has 0 radical (unpaired) electrons. The molecule has 2 heterocycles. The lowest BCUT2D eigenvalue weighted by Crippen LogP contribution is -2.40. The first-order valence-electron chi connectivity index (χ1n) is 7.94. The molecule has 1 atom stereocenters. The molecule has 0 aliphatic carbocycles. The van der Waals surface area contributed by atoms with Crippen LogP contribution in [0.3, 0.4) is 0 Å². The summed E-state index contributed by atoms with van der Waals surface area (Å²) in [6.45, 7) is 3.48. The van der Waals surface area contributed by atoms with Gasteiger partial charge in [-0.1, -0.05) is 13.8 Å². The van der Waals surface area contributed by atoms with Crippen LogP contribution < -0.4 is 11.2 Å². The first-order valence-corrected chi connectivity index (χ1v) is 9.93. The molecule has 0 bridgehead atoms. The fourth-order valence-corrected chi connectivity index (χ4v) is 4.28. The number of aliphatic hydroxyl groups excluding tert-OH is 1. The zero-order valence-corrected chi connectivity index (χ0v) is 15.8. The van der Waals surface area contributed by atoms with Crippen LogP contribution in [0.15, 0.2) is 14.7 Å². The lowest BCUT2D eigenvalue weighted by molar-refractivity contribution is 0.153. The number of halogens is 1. The highest BCUT2D eigenvalue weighted by atomic mass is 35.5. The Morgan fingerprint density at radius 2 is 1.92 bits per heavy atom. The van der Waals surface area contributed by atoms with Crippen LogP contribution in [0.2, 0.25) is 0 Å². The predicted octanol–water partition coefficient (Wildman–Crippen LogP) is 0.243. The molecule has 0 fully saturated rings. The fourth-order valence-electron chi connectivity index (χ4n) is 2.50. The van der Waals surface area contributed by atoms with Gasteiger partial charge in [-0.25, -0.2) is 17.3 Å². The van der Waals surface area contributed by atoms with E-state index in [1.165, 1.54) is 7.05 Å². The SMILES string of the molecule is CCCS(=O)(=O)c1nc2c(c(=O)n(CCC(O)CC)c(=O)n2C)n1Cl. The van der Waals surface area contributed by atoms with E-state index in [9.17, 15) is 23.1 Å². The minimum Gasteiger partial charge on any atom is -0.393 e. The third-order valence-corrected chi connectivity index (χ3v) is 6.17. The van der Waals surface area contributed by atoms with Gasteiger partial charge in [-0.2, -0.15) is 4.98 Å². The first-order chi connectivity index (χ1) is 11.7. The van der Waals surface area contributed by atoms with Crippen molar-refractivity contribution in [2.24, 2.45) is 7.05 Å². The van der Waals surface area contributed by atoms with E-state index in [1.807, 2.05) is 0 Å². The molecule has 0 saturated carbocycles. The molecule has 0 aliphatic rings. The van der Waals surface area contributed by atoms with Crippen molar-refractivity contribution in [1.29, 1.82) is 0 Å². The van der Waals surface area contributed by atoms with Crippen LogP contribution in [-0.4, -0.2) is 43.6 Å². The number of aliphatic hydroxyl groups is 1. The number of fused-ring (bicyclic) bond motifs is 1. The Balaban J connectivity index is 2.72. The Kier molecular flexibility index (Phi) is 5.75. The summed E-state index contributed by atoms with van der Waals surface area (Å²) in [4.78, 5) is 29.0. The van der Waals surface area contributed by atoms with Gasteiger partial charge < -0.3 is 5.11 Å². The normalized spacial score (nSPS) is 13.5. The second kappa shape index (κ2) is 7.30. The van der Waals surface area contributed by atoms with E-state index in [4.69, 9.17) is 11.8 Å². The number of imidazole rings is 1. The van der Waals surface area contributed by atoms with Gasteiger partial charge in [-0.05, 0) is 19.3 Å². The van der Waals surface area contributed by atoms with Crippen LogP contribution in [0, 0.1) is 0 Å². The number of rotatable bonds is 7. The van der Waals surface area contributed by atoms with Crippen LogP contribution in [-0.2, 0) is 23.4 Å². The number of aromatic nitrogens is 4. The van der Waals surface area contributed by atoms with Gasteiger partial charge in [0, 0.05) is 25.4 Å². The average molecular weight is 393 g/mol. The molecule has 140 valence electrons. The number of hydrogen-bond acceptors (Lipinski definition) is 6. The minimum atomic E-state index is -3.78. The Labute approximate surface area is 149 Å². The maximum absolute atomic E-state index is 12.6. The van der Waals surface area contributed by atoms with Crippen LogP contribution >= 0.6 is 11.8 Å². The molecular weight excluding hydrogens is 372 g/mol. The summed E-state index contributed by atoms with van der Waals surface area (Å²) in [5, 5.41) is 9.21. The number of hydrogen-bond donors (Lipinski definition) is 1. The third kappa shape index (κ3) is 3.51. The molecule has 2 aromatic rings. The van der Waals surface area contributed by atoms with Crippen molar-refractivity contribution in [3.05, 3.63) is 20.8 Å². The fraction of sp³-hybridized carbons (Fsp3) is 0.643. The van der Waals surface area contributed by atoms with Gasteiger partial charge in [-0.15, -0.1) is 0 Å². The van der Waals surface area contributed by atoms with Gasteiger partial charge in [0.2, 0.25) is 15.0 Å². The van der Waals surface area contributed by atoms with Gasteiger partial charge >= 0.3 is 5.69 Å². The number of sulfone groups is 1. The van der Waals surface area contributed by atoms with Crippen molar-refractivity contribution in [2.75, 3.05) is 5.75 Å². The van der Waals surface area contributed by atoms with Crippen molar-refractivity contribution >= 4 is 32.8 Å². The quantitative estimate of drug-likeness (QED) is 0.721. The van der Waals surface area contributed by atoms with E-state index in [0.29, 0.717) is 16.9 Å². The molecule has 11 heteroatoms. The molecule has 2 aromatic heterocycles. The Morgan fingerprint density at radius 3 is 2.48 bits per heavy atom. The monoisotopic (exact) mass is 392 g/mol. The van der Waals surface area contributed by atoms with E-state index in [1.54, 1.807) is 13.8 Å². The summed E-state index contributed by atoms with van der Waals surface area (Å²) in [5.41, 5.74) is -1.65. The maximum atomic E-state index is 12.6. The second-order valence-electron chi connectivity index (χ2n) is 5.82. The molecular formula is C14H21ClN4O5S. The van der Waals surface area contributed by atoms with E-state index < -0.39 is 32.3 Å². The topological polar surface area (TPSA) is 116 Å². The van der Waals surface area contributed by atoms with Gasteiger partial charge in [-0.3, -0.25) is 13.9 Å².